The molecule has 0 fully saturated rings. The highest BCUT2D eigenvalue weighted by Crippen LogP contribution is 2.33. The number of carbonyl (C=O) groups excluding carboxylic acids is 6. The molecule has 6 atom stereocenters. The second-order valence-electron chi connectivity index (χ2n) is 21.0. The maximum atomic E-state index is 14.6. The first-order valence-electron chi connectivity index (χ1n) is 27.3. The van der Waals surface area contributed by atoms with Crippen LogP contribution in [-0.2, 0) is 35.3 Å². The summed E-state index contributed by atoms with van der Waals surface area (Å²) in [5.74, 6) is -2.24. The van der Waals surface area contributed by atoms with E-state index in [4.69, 9.17) is 9.73 Å². The molecule has 0 saturated heterocycles. The fourth-order valence-corrected chi connectivity index (χ4v) is 10.2. The lowest BCUT2D eigenvalue weighted by molar-refractivity contribution is -0.135. The number of nitrogens with zero attached hydrogens (tertiary/aromatic N) is 3. The van der Waals surface area contributed by atoms with Crippen LogP contribution in [0.25, 0.3) is 0 Å². The molecule has 8 rings (SSSR count). The van der Waals surface area contributed by atoms with Crippen molar-refractivity contribution in [2.45, 2.75) is 86.1 Å². The van der Waals surface area contributed by atoms with Crippen molar-refractivity contribution in [1.29, 1.82) is 0 Å². The largest absolute Gasteiger partial charge is 0.457 e. The smallest absolute Gasteiger partial charge is 0.272 e. The fraction of sp³-hybridized carbons (Fsp3) is 0.284. The highest BCUT2D eigenvalue weighted by Gasteiger charge is 2.38. The Morgan fingerprint density at radius 2 is 1.04 bits per heavy atom. The number of ketones is 2. The van der Waals surface area contributed by atoms with Gasteiger partial charge >= 0.3 is 0 Å². The molecule has 4 unspecified atom stereocenters. The van der Waals surface area contributed by atoms with Crippen LogP contribution in [0.5, 0.6) is 11.5 Å². The number of anilines is 2. The molecule has 412 valence electrons. The van der Waals surface area contributed by atoms with Gasteiger partial charge in [0.2, 0.25) is 24.1 Å². The lowest BCUT2D eigenvalue weighted by Gasteiger charge is -2.29. The molecule has 2 aliphatic heterocycles. The zero-order chi connectivity index (χ0) is 57.3. The summed E-state index contributed by atoms with van der Waals surface area (Å²) in [6.45, 7) is 18.8. The van der Waals surface area contributed by atoms with Gasteiger partial charge in [-0.3, -0.25) is 28.8 Å². The third-order valence-electron chi connectivity index (χ3n) is 14.0. The number of hydrogen-bond acceptors (Lipinski definition) is 9. The van der Waals surface area contributed by atoms with E-state index in [9.17, 15) is 28.8 Å². The van der Waals surface area contributed by atoms with E-state index in [2.05, 4.69) is 34.1 Å². The number of carbonyl (C=O) groups is 6. The van der Waals surface area contributed by atoms with Gasteiger partial charge in [-0.15, -0.1) is 13.2 Å². The topological polar surface area (TPSA) is 176 Å². The molecule has 80 heavy (non-hydrogen) atoms. The summed E-state index contributed by atoms with van der Waals surface area (Å²) in [6, 6.07) is 51.4. The zero-order valence-electron chi connectivity index (χ0n) is 46.5. The SMILES string of the molecule is C=CC[C@H](C(C)=O)C(CC(C)C)C(=O)NC1N=C(c2ccccc2)c2ccccc2N(Cc2cccc(Oc3ccccc3)c2)C1=O.C=CC[C@H](C(C)=O)C(CC(C)C)C(=O)NC1N=C(c2ccccc2)c2ccccc2NC1=O. The number of para-hydroxylation sites is 3. The van der Waals surface area contributed by atoms with Crippen LogP contribution >= 0.6 is 0 Å². The normalized spacial score (nSPS) is 16.2. The summed E-state index contributed by atoms with van der Waals surface area (Å²) < 4.78 is 6.08. The van der Waals surface area contributed by atoms with Gasteiger partial charge in [-0.25, -0.2) is 9.98 Å². The number of aliphatic imine (C=N–C) groups is 2. The molecule has 2 aliphatic rings. The highest BCUT2D eigenvalue weighted by atomic mass is 16.5. The summed E-state index contributed by atoms with van der Waals surface area (Å²) in [6.07, 6.45) is 2.77. The van der Waals surface area contributed by atoms with E-state index in [-0.39, 0.29) is 47.7 Å². The maximum absolute atomic E-state index is 14.6. The van der Waals surface area contributed by atoms with Gasteiger partial charge in [-0.05, 0) is 93.3 Å². The van der Waals surface area contributed by atoms with Crippen LogP contribution in [0.3, 0.4) is 0 Å². The summed E-state index contributed by atoms with van der Waals surface area (Å²) in [5, 5.41) is 8.67. The van der Waals surface area contributed by atoms with Crippen LogP contribution in [0, 0.1) is 35.5 Å². The van der Waals surface area contributed by atoms with E-state index in [0.717, 1.165) is 27.8 Å². The minimum Gasteiger partial charge on any atom is -0.457 e. The third-order valence-corrected chi connectivity index (χ3v) is 14.0. The van der Waals surface area contributed by atoms with E-state index in [1.807, 2.05) is 191 Å². The van der Waals surface area contributed by atoms with Gasteiger partial charge < -0.3 is 25.6 Å². The van der Waals surface area contributed by atoms with Crippen molar-refractivity contribution in [3.05, 3.63) is 217 Å². The molecule has 0 aromatic heterocycles. The van der Waals surface area contributed by atoms with Crippen molar-refractivity contribution in [1.82, 2.24) is 10.6 Å². The summed E-state index contributed by atoms with van der Waals surface area (Å²) >= 11 is 0. The molecule has 6 aromatic carbocycles. The number of Topliss-reactive ketones (excluding diaryl/α,β-unsaturated/α-hetero) is 2. The molecular formula is C67H72N6O7. The molecule has 0 spiro atoms. The Hall–Kier alpha value is -8.84. The van der Waals surface area contributed by atoms with Gasteiger partial charge in [-0.2, -0.15) is 0 Å². The Balaban J connectivity index is 0.000000246. The predicted molar refractivity (Wildman–Crippen MR) is 318 cm³/mol. The Kier molecular flexibility index (Phi) is 20.7. The number of nitrogens with one attached hydrogen (secondary N) is 3. The summed E-state index contributed by atoms with van der Waals surface area (Å²) in [7, 11) is 0. The van der Waals surface area contributed by atoms with Crippen molar-refractivity contribution >= 4 is 58.0 Å². The van der Waals surface area contributed by atoms with Gasteiger partial charge in [0.1, 0.15) is 23.1 Å². The minimum atomic E-state index is -1.22. The molecule has 6 aromatic rings. The average Bonchev–Trinajstić information content (AvgIpc) is 3.66. The van der Waals surface area contributed by atoms with Crippen LogP contribution in [0.4, 0.5) is 11.4 Å². The van der Waals surface area contributed by atoms with E-state index < -0.39 is 41.9 Å². The van der Waals surface area contributed by atoms with Gasteiger partial charge in [0, 0.05) is 45.9 Å². The monoisotopic (exact) mass is 1070 g/mol. The molecule has 0 radical (unpaired) electrons. The second-order valence-corrected chi connectivity index (χ2v) is 21.0. The first kappa shape index (κ1) is 58.8. The van der Waals surface area contributed by atoms with E-state index in [1.54, 1.807) is 17.1 Å². The summed E-state index contributed by atoms with van der Waals surface area (Å²) in [5.41, 5.74) is 6.57. The number of hydrogen-bond donors (Lipinski definition) is 3. The number of benzodiazepines with no additional fused rings is 2. The Morgan fingerprint density at radius 3 is 1.57 bits per heavy atom. The number of ether oxygens (including phenoxy) is 1. The fourth-order valence-electron chi connectivity index (χ4n) is 10.2. The standard InChI is InChI=1S/C40H41N3O4.C27H31N3O3/c1-5-15-33(28(4)44)35(24-27(2)3)39(45)42-38-40(46)43(26-29-16-14-21-32(25-29)47-31-19-10-7-11-20-31)36-23-13-12-22-34(36)37(41-38)30-17-8-6-9-18-30;1-5-11-20(18(4)31)22(16-17(2)3)26(32)30-25-27(33)28-23-15-10-9-14-21(23)24(29-25)19-12-7-6-8-13-19/h5-14,16-23,25,27,33,35,38H,1,15,24,26H2,2-4H3,(H,42,45);5-10,12-15,17,20,22,25H,1,11,16H2,2-4H3,(H,28,33)(H,30,32)/t33-,35?,38?;20-,22?,25?/m11/s1. The van der Waals surface area contributed by atoms with E-state index in [0.29, 0.717) is 60.0 Å². The molecule has 4 amide bonds. The van der Waals surface area contributed by atoms with Gasteiger partial charge in [-0.1, -0.05) is 167 Å². The molecule has 13 heteroatoms. The van der Waals surface area contributed by atoms with Gasteiger partial charge in [0.25, 0.3) is 11.8 Å². The van der Waals surface area contributed by atoms with Crippen molar-refractivity contribution < 1.29 is 33.5 Å². The third kappa shape index (κ3) is 15.2. The van der Waals surface area contributed by atoms with Crippen molar-refractivity contribution in [2.75, 3.05) is 10.2 Å². The number of allylic oxidation sites excluding steroid dienone is 2. The Morgan fingerprint density at radius 1 is 0.575 bits per heavy atom. The number of benzene rings is 6. The molecule has 0 aliphatic carbocycles. The van der Waals surface area contributed by atoms with Crippen molar-refractivity contribution in [2.24, 2.45) is 45.5 Å². The lowest BCUT2D eigenvalue weighted by atomic mass is 9.80. The first-order chi connectivity index (χ1) is 38.6. The quantitative estimate of drug-likeness (QED) is 0.0567. The zero-order valence-corrected chi connectivity index (χ0v) is 46.5. The first-order valence-corrected chi connectivity index (χ1v) is 27.3. The van der Waals surface area contributed by atoms with Crippen LogP contribution < -0.4 is 25.6 Å². The summed E-state index contributed by atoms with van der Waals surface area (Å²) in [4.78, 5) is 91.4. The van der Waals surface area contributed by atoms with Gasteiger partial charge in [0.05, 0.1) is 29.3 Å². The number of rotatable bonds is 22. The van der Waals surface area contributed by atoms with E-state index in [1.165, 1.54) is 13.8 Å². The average molecular weight is 1070 g/mol. The van der Waals surface area contributed by atoms with Crippen molar-refractivity contribution in [3.63, 3.8) is 0 Å². The van der Waals surface area contributed by atoms with Gasteiger partial charge in [0.15, 0.2) is 0 Å². The number of amides is 4. The molecular weight excluding hydrogens is 1000 g/mol. The van der Waals surface area contributed by atoms with Crippen LogP contribution in [0.1, 0.15) is 95.0 Å². The molecule has 13 nitrogen and oxygen atoms in total. The van der Waals surface area contributed by atoms with Crippen LogP contribution in [0.2, 0.25) is 0 Å². The van der Waals surface area contributed by atoms with E-state index >= 15 is 0 Å². The second kappa shape index (κ2) is 28.2. The predicted octanol–water partition coefficient (Wildman–Crippen LogP) is 12.1. The molecule has 2 heterocycles. The highest BCUT2D eigenvalue weighted by molar-refractivity contribution is 6.21. The number of fused-ring (bicyclic) bond motifs is 2. The lowest BCUT2D eigenvalue weighted by Crippen LogP contribution is -2.50. The molecule has 3 N–H and O–H groups in total. The van der Waals surface area contributed by atoms with Crippen molar-refractivity contribution in [3.8, 4) is 11.5 Å². The molecule has 0 bridgehead atoms. The minimum absolute atomic E-state index is 0.0677. The molecule has 0 saturated carbocycles. The van der Waals surface area contributed by atoms with Crippen LogP contribution in [-0.4, -0.2) is 59.0 Å². The maximum Gasteiger partial charge on any atom is 0.272 e. The Bertz CT molecular complexity index is 3230. The van der Waals surface area contributed by atoms with Crippen LogP contribution in [0.15, 0.2) is 199 Å². The Labute approximate surface area is 470 Å².